The van der Waals surface area contributed by atoms with Gasteiger partial charge in [0.15, 0.2) is 0 Å². The first-order chi connectivity index (χ1) is 11.2. The molecule has 1 aliphatic carbocycles. The molecule has 23 heavy (non-hydrogen) atoms. The van der Waals surface area contributed by atoms with E-state index >= 15 is 0 Å². The van der Waals surface area contributed by atoms with E-state index in [1.54, 1.807) is 12.3 Å². The van der Waals surface area contributed by atoms with Crippen molar-refractivity contribution < 1.29 is 9.90 Å². The number of rotatable bonds is 4. The zero-order valence-electron chi connectivity index (χ0n) is 12.9. The van der Waals surface area contributed by atoms with E-state index in [-0.39, 0.29) is 5.56 Å². The molecular weight excluding hydrogens is 292 g/mol. The van der Waals surface area contributed by atoms with Gasteiger partial charge in [-0.1, -0.05) is 25.7 Å². The van der Waals surface area contributed by atoms with Gasteiger partial charge in [0.2, 0.25) is 5.95 Å². The Labute approximate surface area is 135 Å². The average molecular weight is 312 g/mol. The quantitative estimate of drug-likeness (QED) is 0.842. The lowest BCUT2D eigenvalue weighted by atomic mass is 10.1. The summed E-state index contributed by atoms with van der Waals surface area (Å²) in [7, 11) is 0. The molecule has 6 nitrogen and oxygen atoms in total. The van der Waals surface area contributed by atoms with Crippen molar-refractivity contribution in [2.45, 2.75) is 44.6 Å². The van der Waals surface area contributed by atoms with Crippen LogP contribution in [-0.4, -0.2) is 32.1 Å². The maximum atomic E-state index is 11.1. The minimum atomic E-state index is -0.973. The Hall–Kier alpha value is -2.50. The summed E-state index contributed by atoms with van der Waals surface area (Å²) in [5.74, 6) is -0.392. The van der Waals surface area contributed by atoms with Gasteiger partial charge in [-0.25, -0.2) is 14.8 Å². The van der Waals surface area contributed by atoms with Crippen LogP contribution in [0.3, 0.4) is 0 Å². The molecule has 0 bridgehead atoms. The number of carboxylic acid groups (broad SMARTS) is 1. The van der Waals surface area contributed by atoms with Gasteiger partial charge in [0.25, 0.3) is 0 Å². The van der Waals surface area contributed by atoms with Crippen LogP contribution in [0.2, 0.25) is 0 Å². The van der Waals surface area contributed by atoms with E-state index < -0.39 is 5.97 Å². The van der Waals surface area contributed by atoms with Gasteiger partial charge in [-0.2, -0.15) is 0 Å². The van der Waals surface area contributed by atoms with Crippen molar-refractivity contribution in [2.24, 2.45) is 0 Å². The third-order valence-corrected chi connectivity index (χ3v) is 4.11. The Morgan fingerprint density at radius 1 is 1.04 bits per heavy atom. The van der Waals surface area contributed by atoms with Crippen molar-refractivity contribution in [3.8, 4) is 11.4 Å². The standard InChI is InChI=1S/C17H20N4O2/c22-16(23)12-7-9-18-15(11-12)14-8-10-19-17(21-14)20-13-5-3-1-2-4-6-13/h7-11,13H,1-6H2,(H,22,23)(H,19,20,21). The highest BCUT2D eigenvalue weighted by Gasteiger charge is 2.14. The van der Waals surface area contributed by atoms with E-state index in [1.165, 1.54) is 44.0 Å². The first-order valence-corrected chi connectivity index (χ1v) is 8.02. The molecule has 0 aliphatic heterocycles. The fourth-order valence-electron chi connectivity index (χ4n) is 2.88. The molecular formula is C17H20N4O2. The second-order valence-corrected chi connectivity index (χ2v) is 5.83. The molecule has 2 heterocycles. The normalized spacial score (nSPS) is 15.8. The fourth-order valence-corrected chi connectivity index (χ4v) is 2.88. The summed E-state index contributed by atoms with van der Waals surface area (Å²) in [6, 6.07) is 5.15. The molecule has 2 N–H and O–H groups in total. The summed E-state index contributed by atoms with van der Waals surface area (Å²) in [6.07, 6.45) is 10.5. The Morgan fingerprint density at radius 2 is 1.78 bits per heavy atom. The van der Waals surface area contributed by atoms with Crippen LogP contribution in [-0.2, 0) is 0 Å². The largest absolute Gasteiger partial charge is 0.478 e. The van der Waals surface area contributed by atoms with Crippen LogP contribution in [0.5, 0.6) is 0 Å². The van der Waals surface area contributed by atoms with Gasteiger partial charge in [0.05, 0.1) is 17.0 Å². The molecule has 1 saturated carbocycles. The number of carbonyl (C=O) groups is 1. The number of anilines is 1. The maximum Gasteiger partial charge on any atom is 0.335 e. The Balaban J connectivity index is 1.79. The minimum Gasteiger partial charge on any atom is -0.478 e. The van der Waals surface area contributed by atoms with Crippen LogP contribution in [0.15, 0.2) is 30.6 Å². The lowest BCUT2D eigenvalue weighted by Gasteiger charge is -2.16. The van der Waals surface area contributed by atoms with Crippen molar-refractivity contribution >= 4 is 11.9 Å². The Morgan fingerprint density at radius 3 is 2.52 bits per heavy atom. The Kier molecular flexibility index (Phi) is 4.80. The van der Waals surface area contributed by atoms with Gasteiger partial charge in [0, 0.05) is 18.4 Å². The maximum absolute atomic E-state index is 11.1. The number of hydrogen-bond acceptors (Lipinski definition) is 5. The monoisotopic (exact) mass is 312 g/mol. The van der Waals surface area contributed by atoms with E-state index in [2.05, 4.69) is 20.3 Å². The predicted octanol–water partition coefficient (Wildman–Crippen LogP) is 3.37. The topological polar surface area (TPSA) is 88.0 Å². The summed E-state index contributed by atoms with van der Waals surface area (Å²) in [5.41, 5.74) is 1.36. The summed E-state index contributed by atoms with van der Waals surface area (Å²) in [6.45, 7) is 0. The van der Waals surface area contributed by atoms with Crippen LogP contribution in [0, 0.1) is 0 Å². The van der Waals surface area contributed by atoms with E-state index in [1.807, 2.05) is 0 Å². The number of pyridine rings is 1. The molecule has 0 amide bonds. The van der Waals surface area contributed by atoms with Gasteiger partial charge < -0.3 is 10.4 Å². The first-order valence-electron chi connectivity index (χ1n) is 8.02. The van der Waals surface area contributed by atoms with E-state index in [4.69, 9.17) is 5.11 Å². The number of nitrogens with zero attached hydrogens (tertiary/aromatic N) is 3. The second kappa shape index (κ2) is 7.17. The molecule has 1 fully saturated rings. The van der Waals surface area contributed by atoms with Crippen LogP contribution >= 0.6 is 0 Å². The van der Waals surface area contributed by atoms with Gasteiger partial charge in [0.1, 0.15) is 0 Å². The molecule has 0 aromatic carbocycles. The molecule has 2 aromatic rings. The lowest BCUT2D eigenvalue weighted by Crippen LogP contribution is -2.20. The van der Waals surface area contributed by atoms with E-state index in [0.29, 0.717) is 23.4 Å². The molecule has 1 aliphatic rings. The van der Waals surface area contributed by atoms with Crippen LogP contribution in [0.4, 0.5) is 5.95 Å². The summed E-state index contributed by atoms with van der Waals surface area (Å²) >= 11 is 0. The van der Waals surface area contributed by atoms with Crippen LogP contribution < -0.4 is 5.32 Å². The number of carboxylic acids is 1. The number of nitrogens with one attached hydrogen (secondary N) is 1. The van der Waals surface area contributed by atoms with Gasteiger partial charge in [-0.15, -0.1) is 0 Å². The Bertz CT molecular complexity index is 682. The molecule has 120 valence electrons. The highest BCUT2D eigenvalue weighted by Crippen LogP contribution is 2.21. The van der Waals surface area contributed by atoms with Gasteiger partial charge >= 0.3 is 5.97 Å². The summed E-state index contributed by atoms with van der Waals surface area (Å²) in [5, 5.41) is 12.5. The minimum absolute atomic E-state index is 0.201. The van der Waals surface area contributed by atoms with Crippen molar-refractivity contribution in [1.82, 2.24) is 15.0 Å². The zero-order valence-corrected chi connectivity index (χ0v) is 12.9. The third-order valence-electron chi connectivity index (χ3n) is 4.11. The van der Waals surface area contributed by atoms with Crippen molar-refractivity contribution in [1.29, 1.82) is 0 Å². The molecule has 0 radical (unpaired) electrons. The molecule has 0 atom stereocenters. The van der Waals surface area contributed by atoms with Crippen molar-refractivity contribution in [3.05, 3.63) is 36.2 Å². The first kappa shape index (κ1) is 15.4. The number of aromatic carboxylic acids is 1. The molecule has 6 heteroatoms. The predicted molar refractivity (Wildman–Crippen MR) is 87.3 cm³/mol. The lowest BCUT2D eigenvalue weighted by molar-refractivity contribution is 0.0697. The smallest absolute Gasteiger partial charge is 0.335 e. The molecule has 3 rings (SSSR count). The highest BCUT2D eigenvalue weighted by atomic mass is 16.4. The molecule has 0 saturated heterocycles. The van der Waals surface area contributed by atoms with Crippen LogP contribution in [0.1, 0.15) is 48.9 Å². The third kappa shape index (κ3) is 4.03. The summed E-state index contributed by atoms with van der Waals surface area (Å²) < 4.78 is 0. The fraction of sp³-hybridized carbons (Fsp3) is 0.412. The van der Waals surface area contributed by atoms with Crippen LogP contribution in [0.25, 0.3) is 11.4 Å². The van der Waals surface area contributed by atoms with Gasteiger partial charge in [-0.05, 0) is 31.0 Å². The average Bonchev–Trinajstić information content (AvgIpc) is 2.84. The molecule has 2 aromatic heterocycles. The van der Waals surface area contributed by atoms with Crippen molar-refractivity contribution in [3.63, 3.8) is 0 Å². The zero-order chi connectivity index (χ0) is 16.1. The highest BCUT2D eigenvalue weighted by molar-refractivity contribution is 5.88. The van der Waals surface area contributed by atoms with Crippen molar-refractivity contribution in [2.75, 3.05) is 5.32 Å². The number of hydrogen-bond donors (Lipinski definition) is 2. The summed E-state index contributed by atoms with van der Waals surface area (Å²) in [4.78, 5) is 24.1. The molecule has 0 unspecified atom stereocenters. The van der Waals surface area contributed by atoms with E-state index in [9.17, 15) is 4.79 Å². The van der Waals surface area contributed by atoms with Gasteiger partial charge in [-0.3, -0.25) is 4.98 Å². The number of aromatic nitrogens is 3. The SMILES string of the molecule is O=C(O)c1ccnc(-c2ccnc(NC3CCCCCC3)n2)c1. The molecule has 0 spiro atoms. The second-order valence-electron chi connectivity index (χ2n) is 5.83. The van der Waals surface area contributed by atoms with E-state index in [0.717, 1.165) is 12.8 Å².